The number of fused-ring (bicyclic) bond motifs is 1. The number of aryl methyl sites for hydroxylation is 2. The smallest absolute Gasteiger partial charge is 0.261 e. The van der Waals surface area contributed by atoms with Crippen molar-refractivity contribution in [1.82, 2.24) is 4.57 Å². The summed E-state index contributed by atoms with van der Waals surface area (Å²) in [5.41, 5.74) is 2.53. The number of Topliss-reactive ketones (excluding diaryl/α,β-unsaturated/α-hetero) is 1. The van der Waals surface area contributed by atoms with Crippen LogP contribution in [0.15, 0.2) is 53.5 Å². The van der Waals surface area contributed by atoms with Crippen LogP contribution in [0.3, 0.4) is 0 Å². The van der Waals surface area contributed by atoms with Gasteiger partial charge in [-0.25, -0.2) is 0 Å². The fourth-order valence-electron chi connectivity index (χ4n) is 2.95. The van der Waals surface area contributed by atoms with E-state index in [-0.39, 0.29) is 16.8 Å². The summed E-state index contributed by atoms with van der Waals surface area (Å²) in [6, 6.07) is 12.3. The number of rotatable bonds is 4. The van der Waals surface area contributed by atoms with Crippen molar-refractivity contribution in [3.05, 3.63) is 75.6 Å². The van der Waals surface area contributed by atoms with Crippen LogP contribution in [0.1, 0.15) is 40.1 Å². The second kappa shape index (κ2) is 6.96. The monoisotopic (exact) mass is 348 g/mol. The normalized spacial score (nSPS) is 10.7. The van der Waals surface area contributed by atoms with E-state index in [1.807, 2.05) is 30.5 Å². The van der Waals surface area contributed by atoms with Gasteiger partial charge in [-0.2, -0.15) is 0 Å². The molecule has 0 bridgehead atoms. The first-order valence-corrected chi connectivity index (χ1v) is 8.47. The SMILES string of the molecule is CCn1cc(C(=O)Nc2cccc(C(C)=O)c2)c(=O)c2cc(C)ccc21. The number of anilines is 1. The Morgan fingerprint density at radius 3 is 2.58 bits per heavy atom. The highest BCUT2D eigenvalue weighted by atomic mass is 16.2. The zero-order valence-electron chi connectivity index (χ0n) is 15.0. The molecule has 0 saturated heterocycles. The maximum atomic E-state index is 12.8. The molecule has 1 N–H and O–H groups in total. The van der Waals surface area contributed by atoms with Crippen LogP contribution in [-0.4, -0.2) is 16.3 Å². The minimum Gasteiger partial charge on any atom is -0.347 e. The molecule has 0 aliphatic heterocycles. The lowest BCUT2D eigenvalue weighted by molar-refractivity contribution is 0.101. The Labute approximate surface area is 151 Å². The summed E-state index contributed by atoms with van der Waals surface area (Å²) in [4.78, 5) is 37.0. The van der Waals surface area contributed by atoms with Gasteiger partial charge in [0.05, 0.1) is 5.52 Å². The van der Waals surface area contributed by atoms with Crippen LogP contribution in [0.2, 0.25) is 0 Å². The van der Waals surface area contributed by atoms with Crippen LogP contribution in [0.4, 0.5) is 5.69 Å². The molecule has 1 amide bonds. The summed E-state index contributed by atoms with van der Waals surface area (Å²) in [5.74, 6) is -0.572. The van der Waals surface area contributed by atoms with Crippen molar-refractivity contribution >= 4 is 28.3 Å². The van der Waals surface area contributed by atoms with E-state index in [1.165, 1.54) is 6.92 Å². The molecule has 3 aromatic rings. The Hall–Kier alpha value is -3.21. The van der Waals surface area contributed by atoms with Gasteiger partial charge in [0, 0.05) is 29.4 Å². The molecule has 0 aliphatic carbocycles. The van der Waals surface area contributed by atoms with Crippen molar-refractivity contribution in [3.8, 4) is 0 Å². The molecule has 0 aliphatic rings. The van der Waals surface area contributed by atoms with Gasteiger partial charge in [-0.3, -0.25) is 14.4 Å². The average molecular weight is 348 g/mol. The Morgan fingerprint density at radius 2 is 1.88 bits per heavy atom. The molecule has 26 heavy (non-hydrogen) atoms. The van der Waals surface area contributed by atoms with Gasteiger partial charge < -0.3 is 9.88 Å². The van der Waals surface area contributed by atoms with Gasteiger partial charge in [0.2, 0.25) is 5.43 Å². The van der Waals surface area contributed by atoms with Gasteiger partial charge in [-0.05, 0) is 45.0 Å². The van der Waals surface area contributed by atoms with E-state index < -0.39 is 5.91 Å². The highest BCUT2D eigenvalue weighted by molar-refractivity contribution is 6.06. The van der Waals surface area contributed by atoms with Crippen LogP contribution < -0.4 is 10.7 Å². The molecule has 5 heteroatoms. The number of pyridine rings is 1. The maximum Gasteiger partial charge on any atom is 0.261 e. The number of ketones is 1. The first-order chi connectivity index (χ1) is 12.4. The van der Waals surface area contributed by atoms with E-state index in [4.69, 9.17) is 0 Å². The van der Waals surface area contributed by atoms with Gasteiger partial charge in [-0.15, -0.1) is 0 Å². The van der Waals surface area contributed by atoms with E-state index >= 15 is 0 Å². The fourth-order valence-corrected chi connectivity index (χ4v) is 2.95. The van der Waals surface area contributed by atoms with E-state index in [0.717, 1.165) is 11.1 Å². The Balaban J connectivity index is 2.06. The number of hydrogen-bond donors (Lipinski definition) is 1. The minimum absolute atomic E-state index is 0.0816. The molecule has 3 rings (SSSR count). The molecule has 0 saturated carbocycles. The predicted molar refractivity (Wildman–Crippen MR) is 103 cm³/mol. The Kier molecular flexibility index (Phi) is 4.71. The minimum atomic E-state index is -0.485. The lowest BCUT2D eigenvalue weighted by Crippen LogP contribution is -2.24. The Bertz CT molecular complexity index is 1080. The van der Waals surface area contributed by atoms with Crippen molar-refractivity contribution in [1.29, 1.82) is 0 Å². The first-order valence-electron chi connectivity index (χ1n) is 8.47. The molecule has 0 spiro atoms. The lowest BCUT2D eigenvalue weighted by Gasteiger charge is -2.12. The predicted octanol–water partition coefficient (Wildman–Crippen LogP) is 3.78. The van der Waals surface area contributed by atoms with Crippen molar-refractivity contribution in [2.75, 3.05) is 5.32 Å². The van der Waals surface area contributed by atoms with E-state index in [9.17, 15) is 14.4 Å². The van der Waals surface area contributed by atoms with Gasteiger partial charge >= 0.3 is 0 Å². The van der Waals surface area contributed by atoms with Crippen molar-refractivity contribution < 1.29 is 9.59 Å². The number of carbonyl (C=O) groups excluding carboxylic acids is 2. The summed E-state index contributed by atoms with van der Waals surface area (Å²) in [7, 11) is 0. The van der Waals surface area contributed by atoms with Crippen LogP contribution in [0, 0.1) is 6.92 Å². The summed E-state index contributed by atoms with van der Waals surface area (Å²) < 4.78 is 1.89. The molecule has 0 radical (unpaired) electrons. The van der Waals surface area contributed by atoms with Gasteiger partial charge in [0.1, 0.15) is 5.56 Å². The van der Waals surface area contributed by atoms with Crippen molar-refractivity contribution in [2.45, 2.75) is 27.3 Å². The molecule has 5 nitrogen and oxygen atoms in total. The largest absolute Gasteiger partial charge is 0.347 e. The number of nitrogens with zero attached hydrogens (tertiary/aromatic N) is 1. The lowest BCUT2D eigenvalue weighted by atomic mass is 10.1. The summed E-state index contributed by atoms with van der Waals surface area (Å²) in [6.07, 6.45) is 1.59. The molecular weight excluding hydrogens is 328 g/mol. The highest BCUT2D eigenvalue weighted by Crippen LogP contribution is 2.16. The zero-order chi connectivity index (χ0) is 18.8. The van der Waals surface area contributed by atoms with Gasteiger partial charge in [-0.1, -0.05) is 23.8 Å². The number of carbonyl (C=O) groups is 2. The third-order valence-corrected chi connectivity index (χ3v) is 4.35. The number of nitrogens with one attached hydrogen (secondary N) is 1. The topological polar surface area (TPSA) is 68.2 Å². The van der Waals surface area contributed by atoms with Crippen molar-refractivity contribution in [3.63, 3.8) is 0 Å². The quantitative estimate of drug-likeness (QED) is 0.730. The number of benzene rings is 2. The Morgan fingerprint density at radius 1 is 1.12 bits per heavy atom. The van der Waals surface area contributed by atoms with Gasteiger partial charge in [0.25, 0.3) is 5.91 Å². The number of hydrogen-bond acceptors (Lipinski definition) is 3. The van der Waals surface area contributed by atoms with Gasteiger partial charge in [0.15, 0.2) is 5.78 Å². The molecular formula is C21H20N2O3. The fraction of sp³-hybridized carbons (Fsp3) is 0.190. The van der Waals surface area contributed by atoms with Crippen LogP contribution in [0.25, 0.3) is 10.9 Å². The average Bonchev–Trinajstić information content (AvgIpc) is 2.62. The van der Waals surface area contributed by atoms with Crippen molar-refractivity contribution in [2.24, 2.45) is 0 Å². The summed E-state index contributed by atoms with van der Waals surface area (Å²) >= 11 is 0. The standard InChI is InChI=1S/C21H20N2O3/c1-4-23-12-18(20(25)17-10-13(2)8-9-19(17)23)21(26)22-16-7-5-6-15(11-16)14(3)24/h5-12H,4H2,1-3H3,(H,22,26). The third kappa shape index (κ3) is 3.28. The first kappa shape index (κ1) is 17.6. The number of aromatic nitrogens is 1. The molecule has 1 aromatic heterocycles. The number of amides is 1. The molecule has 1 heterocycles. The highest BCUT2D eigenvalue weighted by Gasteiger charge is 2.16. The summed E-state index contributed by atoms with van der Waals surface area (Å²) in [5, 5.41) is 3.25. The van der Waals surface area contributed by atoms with E-state index in [0.29, 0.717) is 23.2 Å². The molecule has 0 fully saturated rings. The molecule has 132 valence electrons. The molecule has 0 unspecified atom stereocenters. The maximum absolute atomic E-state index is 12.8. The second-order valence-electron chi connectivity index (χ2n) is 6.27. The second-order valence-corrected chi connectivity index (χ2v) is 6.27. The summed E-state index contributed by atoms with van der Waals surface area (Å²) in [6.45, 7) is 5.98. The van der Waals surface area contributed by atoms with Crippen LogP contribution in [0.5, 0.6) is 0 Å². The third-order valence-electron chi connectivity index (χ3n) is 4.35. The zero-order valence-corrected chi connectivity index (χ0v) is 15.0. The van der Waals surface area contributed by atoms with E-state index in [2.05, 4.69) is 5.32 Å². The van der Waals surface area contributed by atoms with Crippen LogP contribution >= 0.6 is 0 Å². The molecule has 2 aromatic carbocycles. The van der Waals surface area contributed by atoms with E-state index in [1.54, 1.807) is 36.5 Å². The molecule has 0 atom stereocenters. The van der Waals surface area contributed by atoms with Crippen LogP contribution in [-0.2, 0) is 6.54 Å².